The van der Waals surface area contributed by atoms with Crippen LogP contribution in [-0.2, 0) is 0 Å². The molecule has 1 saturated heterocycles. The van der Waals surface area contributed by atoms with E-state index in [1.54, 1.807) is 12.1 Å². The molecule has 5 nitrogen and oxygen atoms in total. The quantitative estimate of drug-likeness (QED) is 0.342. The molecule has 0 radical (unpaired) electrons. The van der Waals surface area contributed by atoms with Crippen molar-refractivity contribution in [1.82, 2.24) is 0 Å². The first-order valence-corrected chi connectivity index (χ1v) is 6.70. The van der Waals surface area contributed by atoms with E-state index in [0.717, 1.165) is 31.5 Å². The van der Waals surface area contributed by atoms with Crippen LogP contribution >= 0.6 is 11.6 Å². The Morgan fingerprint density at radius 2 is 2.26 bits per heavy atom. The third kappa shape index (κ3) is 2.93. The molecule has 0 saturated carbocycles. The Morgan fingerprint density at radius 3 is 2.95 bits per heavy atom. The lowest BCUT2D eigenvalue weighted by molar-refractivity contribution is 0.240. The predicted octanol–water partition coefficient (Wildman–Crippen LogP) is 1.79. The zero-order valence-corrected chi connectivity index (χ0v) is 11.3. The molecular weight excluding hydrogens is 266 g/mol. The molecule has 1 unspecified atom stereocenters. The van der Waals surface area contributed by atoms with Crippen molar-refractivity contribution < 1.29 is 10.3 Å². The van der Waals surface area contributed by atoms with Gasteiger partial charge in [0.15, 0.2) is 5.84 Å². The van der Waals surface area contributed by atoms with Crippen LogP contribution in [0.25, 0.3) is 0 Å². The fourth-order valence-electron chi connectivity index (χ4n) is 2.53. The van der Waals surface area contributed by atoms with E-state index in [4.69, 9.17) is 22.5 Å². The van der Waals surface area contributed by atoms with E-state index < -0.39 is 0 Å². The van der Waals surface area contributed by atoms with Gasteiger partial charge in [-0.2, -0.15) is 0 Å². The SMILES string of the molecule is N/C(=N/O)c1cc(Cl)ccc1N1CCCCC1CO. The fourth-order valence-corrected chi connectivity index (χ4v) is 2.70. The summed E-state index contributed by atoms with van der Waals surface area (Å²) >= 11 is 5.97. The van der Waals surface area contributed by atoms with Crippen molar-refractivity contribution in [2.24, 2.45) is 10.9 Å². The molecule has 1 atom stereocenters. The number of nitrogens with two attached hydrogens (primary N) is 1. The summed E-state index contributed by atoms with van der Waals surface area (Å²) in [6, 6.07) is 5.37. The summed E-state index contributed by atoms with van der Waals surface area (Å²) < 4.78 is 0. The van der Waals surface area contributed by atoms with Gasteiger partial charge in [-0.3, -0.25) is 0 Å². The largest absolute Gasteiger partial charge is 0.409 e. The average Bonchev–Trinajstić information content (AvgIpc) is 2.46. The van der Waals surface area contributed by atoms with Crippen molar-refractivity contribution in [3.05, 3.63) is 28.8 Å². The number of benzene rings is 1. The maximum Gasteiger partial charge on any atom is 0.172 e. The Bertz CT molecular complexity index is 479. The second-order valence-corrected chi connectivity index (χ2v) is 5.11. The molecule has 19 heavy (non-hydrogen) atoms. The second kappa shape index (κ2) is 6.12. The summed E-state index contributed by atoms with van der Waals surface area (Å²) in [6.07, 6.45) is 3.11. The average molecular weight is 284 g/mol. The minimum Gasteiger partial charge on any atom is -0.409 e. The highest BCUT2D eigenvalue weighted by Crippen LogP contribution is 2.29. The van der Waals surface area contributed by atoms with E-state index >= 15 is 0 Å². The Morgan fingerprint density at radius 1 is 1.47 bits per heavy atom. The van der Waals surface area contributed by atoms with Gasteiger partial charge in [-0.1, -0.05) is 16.8 Å². The zero-order valence-electron chi connectivity index (χ0n) is 10.6. The Kier molecular flexibility index (Phi) is 4.50. The molecule has 1 aliphatic rings. The van der Waals surface area contributed by atoms with E-state index in [9.17, 15) is 5.11 Å². The molecule has 104 valence electrons. The molecule has 1 aliphatic heterocycles. The van der Waals surface area contributed by atoms with Crippen LogP contribution in [-0.4, -0.2) is 35.3 Å². The predicted molar refractivity (Wildman–Crippen MR) is 76.0 cm³/mol. The van der Waals surface area contributed by atoms with Gasteiger partial charge in [0.1, 0.15) is 0 Å². The Labute approximate surface area is 117 Å². The number of aliphatic hydroxyl groups is 1. The van der Waals surface area contributed by atoms with Crippen molar-refractivity contribution in [3.63, 3.8) is 0 Å². The first kappa shape index (κ1) is 14.0. The van der Waals surface area contributed by atoms with Crippen LogP contribution in [0, 0.1) is 0 Å². The molecule has 1 aromatic rings. The number of nitrogens with zero attached hydrogens (tertiary/aromatic N) is 2. The molecule has 1 fully saturated rings. The van der Waals surface area contributed by atoms with Crippen molar-refractivity contribution in [2.45, 2.75) is 25.3 Å². The van der Waals surface area contributed by atoms with Gasteiger partial charge in [0.25, 0.3) is 0 Å². The van der Waals surface area contributed by atoms with E-state index in [0.29, 0.717) is 10.6 Å². The van der Waals surface area contributed by atoms with E-state index in [1.807, 2.05) is 6.07 Å². The molecule has 2 rings (SSSR count). The Hall–Kier alpha value is -1.46. The number of hydrogen-bond donors (Lipinski definition) is 3. The number of piperidine rings is 1. The van der Waals surface area contributed by atoms with Gasteiger partial charge in [-0.15, -0.1) is 0 Å². The zero-order chi connectivity index (χ0) is 13.8. The summed E-state index contributed by atoms with van der Waals surface area (Å²) in [4.78, 5) is 2.10. The highest BCUT2D eigenvalue weighted by molar-refractivity contribution is 6.31. The molecular formula is C13H18ClN3O2. The molecule has 1 heterocycles. The summed E-state index contributed by atoms with van der Waals surface area (Å²) in [5.74, 6) is 0.0276. The topological polar surface area (TPSA) is 82.1 Å². The van der Waals surface area contributed by atoms with Gasteiger partial charge in [0.05, 0.1) is 12.6 Å². The number of rotatable bonds is 3. The number of aliphatic hydroxyl groups excluding tert-OH is 1. The fraction of sp³-hybridized carbons (Fsp3) is 0.462. The van der Waals surface area contributed by atoms with Crippen LogP contribution < -0.4 is 10.6 Å². The minimum atomic E-state index is 0.0276. The monoisotopic (exact) mass is 283 g/mol. The van der Waals surface area contributed by atoms with Crippen LogP contribution in [0.3, 0.4) is 0 Å². The lowest BCUT2D eigenvalue weighted by Gasteiger charge is -2.37. The van der Waals surface area contributed by atoms with Gasteiger partial charge in [0, 0.05) is 22.8 Å². The summed E-state index contributed by atoms with van der Waals surface area (Å²) in [7, 11) is 0. The third-order valence-electron chi connectivity index (χ3n) is 3.49. The van der Waals surface area contributed by atoms with Gasteiger partial charge < -0.3 is 20.9 Å². The number of hydrogen-bond acceptors (Lipinski definition) is 4. The number of amidine groups is 1. The standard InChI is InChI=1S/C13H18ClN3O2/c14-9-4-5-12(11(7-9)13(15)16-19)17-6-2-1-3-10(17)8-18/h4-5,7,10,18-19H,1-3,6,8H2,(H2,15,16). The Balaban J connectivity index is 2.42. The third-order valence-corrected chi connectivity index (χ3v) is 3.72. The molecule has 4 N–H and O–H groups in total. The van der Waals surface area contributed by atoms with Crippen molar-refractivity contribution in [3.8, 4) is 0 Å². The summed E-state index contributed by atoms with van der Waals surface area (Å²) in [6.45, 7) is 0.941. The normalized spacial score (nSPS) is 20.6. The smallest absolute Gasteiger partial charge is 0.172 e. The highest BCUT2D eigenvalue weighted by Gasteiger charge is 2.24. The van der Waals surface area contributed by atoms with Crippen molar-refractivity contribution in [2.75, 3.05) is 18.1 Å². The number of oxime groups is 1. The molecule has 1 aromatic carbocycles. The van der Waals surface area contributed by atoms with Crippen LogP contribution in [0.15, 0.2) is 23.4 Å². The van der Waals surface area contributed by atoms with Crippen LogP contribution in [0.1, 0.15) is 24.8 Å². The van der Waals surface area contributed by atoms with Gasteiger partial charge in [-0.05, 0) is 37.5 Å². The molecule has 0 spiro atoms. The first-order valence-electron chi connectivity index (χ1n) is 6.32. The van der Waals surface area contributed by atoms with Crippen LogP contribution in [0.2, 0.25) is 5.02 Å². The maximum absolute atomic E-state index is 9.49. The lowest BCUT2D eigenvalue weighted by Crippen LogP contribution is -2.42. The van der Waals surface area contributed by atoms with E-state index in [2.05, 4.69) is 10.1 Å². The van der Waals surface area contributed by atoms with E-state index in [-0.39, 0.29) is 18.5 Å². The second-order valence-electron chi connectivity index (χ2n) is 4.67. The van der Waals surface area contributed by atoms with Crippen LogP contribution in [0.4, 0.5) is 5.69 Å². The van der Waals surface area contributed by atoms with Crippen molar-refractivity contribution >= 4 is 23.1 Å². The number of anilines is 1. The lowest BCUT2D eigenvalue weighted by atomic mass is 10.00. The van der Waals surface area contributed by atoms with Gasteiger partial charge in [-0.25, -0.2) is 0 Å². The summed E-state index contributed by atoms with van der Waals surface area (Å²) in [5.41, 5.74) is 7.15. The molecule has 0 bridgehead atoms. The summed E-state index contributed by atoms with van der Waals surface area (Å²) in [5, 5.41) is 21.9. The molecule has 0 amide bonds. The highest BCUT2D eigenvalue weighted by atomic mass is 35.5. The molecule has 0 aliphatic carbocycles. The molecule has 0 aromatic heterocycles. The van der Waals surface area contributed by atoms with Crippen LogP contribution in [0.5, 0.6) is 0 Å². The molecule has 6 heteroatoms. The minimum absolute atomic E-state index is 0.0276. The van der Waals surface area contributed by atoms with Gasteiger partial charge in [0.2, 0.25) is 0 Å². The number of halogens is 1. The van der Waals surface area contributed by atoms with Crippen molar-refractivity contribution in [1.29, 1.82) is 0 Å². The van der Waals surface area contributed by atoms with Gasteiger partial charge >= 0.3 is 0 Å². The van der Waals surface area contributed by atoms with E-state index in [1.165, 1.54) is 0 Å². The maximum atomic E-state index is 9.49. The first-order chi connectivity index (χ1) is 9.17.